The summed E-state index contributed by atoms with van der Waals surface area (Å²) in [6.45, 7) is 1.54. The largest absolute Gasteiger partial charge is 0.479 e. The first-order chi connectivity index (χ1) is 15.4. The SMILES string of the molecule is CCC(CCC(=O)N(C)OCC(=O)O)NC(=O)OCC1c2ccccc2-c2ccccc21. The molecule has 0 radical (unpaired) electrons. The van der Waals surface area contributed by atoms with Gasteiger partial charge < -0.3 is 15.2 Å². The van der Waals surface area contributed by atoms with Gasteiger partial charge in [-0.15, -0.1) is 0 Å². The van der Waals surface area contributed by atoms with Gasteiger partial charge in [-0.2, -0.15) is 0 Å². The van der Waals surface area contributed by atoms with Crippen molar-refractivity contribution in [3.63, 3.8) is 0 Å². The number of benzene rings is 2. The molecule has 8 nitrogen and oxygen atoms in total. The van der Waals surface area contributed by atoms with E-state index >= 15 is 0 Å². The molecule has 32 heavy (non-hydrogen) atoms. The van der Waals surface area contributed by atoms with Crippen molar-refractivity contribution < 1.29 is 29.1 Å². The molecule has 0 heterocycles. The van der Waals surface area contributed by atoms with Crippen LogP contribution in [0.25, 0.3) is 11.1 Å². The van der Waals surface area contributed by atoms with E-state index in [1.807, 2.05) is 31.2 Å². The summed E-state index contributed by atoms with van der Waals surface area (Å²) in [5.41, 5.74) is 4.61. The lowest BCUT2D eigenvalue weighted by Gasteiger charge is -2.20. The molecule has 0 bridgehead atoms. The molecule has 0 spiro atoms. The lowest BCUT2D eigenvalue weighted by atomic mass is 9.98. The first kappa shape index (κ1) is 23.3. The number of carbonyl (C=O) groups is 3. The molecule has 1 atom stereocenters. The molecule has 0 aliphatic heterocycles. The number of hydrogen-bond acceptors (Lipinski definition) is 5. The number of amides is 2. The van der Waals surface area contributed by atoms with Crippen LogP contribution in [-0.2, 0) is 19.2 Å². The summed E-state index contributed by atoms with van der Waals surface area (Å²) >= 11 is 0. The Morgan fingerprint density at radius 2 is 1.66 bits per heavy atom. The van der Waals surface area contributed by atoms with Gasteiger partial charge >= 0.3 is 12.1 Å². The zero-order valence-electron chi connectivity index (χ0n) is 18.2. The molecule has 1 aliphatic rings. The minimum absolute atomic E-state index is 0.0187. The number of carbonyl (C=O) groups excluding carboxylic acids is 2. The molecule has 2 aromatic carbocycles. The van der Waals surface area contributed by atoms with Crippen LogP contribution < -0.4 is 5.32 Å². The Kier molecular flexibility index (Phi) is 7.83. The summed E-state index contributed by atoms with van der Waals surface area (Å²) in [6.07, 6.45) is 0.595. The summed E-state index contributed by atoms with van der Waals surface area (Å²) < 4.78 is 5.56. The highest BCUT2D eigenvalue weighted by Gasteiger charge is 2.29. The highest BCUT2D eigenvalue weighted by Crippen LogP contribution is 2.44. The number of hydroxylamine groups is 2. The van der Waals surface area contributed by atoms with Gasteiger partial charge in [0.1, 0.15) is 6.61 Å². The van der Waals surface area contributed by atoms with Crippen LogP contribution in [0.15, 0.2) is 48.5 Å². The van der Waals surface area contributed by atoms with Crippen LogP contribution in [0.2, 0.25) is 0 Å². The highest BCUT2D eigenvalue weighted by molar-refractivity contribution is 5.79. The Balaban J connectivity index is 1.51. The van der Waals surface area contributed by atoms with Crippen molar-refractivity contribution in [1.29, 1.82) is 0 Å². The van der Waals surface area contributed by atoms with Crippen molar-refractivity contribution in [1.82, 2.24) is 10.4 Å². The Hall–Kier alpha value is -3.39. The van der Waals surface area contributed by atoms with Crippen LogP contribution in [0, 0.1) is 0 Å². The van der Waals surface area contributed by atoms with Gasteiger partial charge in [0.05, 0.1) is 0 Å². The number of alkyl carbamates (subject to hydrolysis) is 1. The van der Waals surface area contributed by atoms with Crippen LogP contribution in [0.4, 0.5) is 4.79 Å². The minimum Gasteiger partial charge on any atom is -0.479 e. The Morgan fingerprint density at radius 1 is 1.06 bits per heavy atom. The molecule has 170 valence electrons. The first-order valence-electron chi connectivity index (χ1n) is 10.6. The minimum atomic E-state index is -1.16. The molecule has 2 amide bonds. The van der Waals surface area contributed by atoms with Gasteiger partial charge in [0.15, 0.2) is 6.61 Å². The average Bonchev–Trinajstić information content (AvgIpc) is 3.12. The van der Waals surface area contributed by atoms with Gasteiger partial charge in [-0.05, 0) is 35.1 Å². The van der Waals surface area contributed by atoms with E-state index < -0.39 is 18.7 Å². The normalized spacial score (nSPS) is 13.1. The maximum Gasteiger partial charge on any atom is 0.407 e. The molecule has 8 heteroatoms. The molecule has 2 N–H and O–H groups in total. The van der Waals surface area contributed by atoms with Crippen molar-refractivity contribution in [3.05, 3.63) is 59.7 Å². The van der Waals surface area contributed by atoms with E-state index in [0.29, 0.717) is 12.8 Å². The number of hydrogen-bond donors (Lipinski definition) is 2. The van der Waals surface area contributed by atoms with Gasteiger partial charge in [0, 0.05) is 25.4 Å². The number of fused-ring (bicyclic) bond motifs is 3. The third kappa shape index (κ3) is 5.64. The van der Waals surface area contributed by atoms with Gasteiger partial charge in [0.2, 0.25) is 5.91 Å². The maximum atomic E-state index is 12.4. The zero-order valence-corrected chi connectivity index (χ0v) is 18.2. The lowest BCUT2D eigenvalue weighted by molar-refractivity contribution is -0.185. The predicted octanol–water partition coefficient (Wildman–Crippen LogP) is 3.56. The molecule has 2 aromatic rings. The van der Waals surface area contributed by atoms with Crippen molar-refractivity contribution >= 4 is 18.0 Å². The number of carboxylic acid groups (broad SMARTS) is 1. The summed E-state index contributed by atoms with van der Waals surface area (Å²) in [6, 6.07) is 16.0. The monoisotopic (exact) mass is 440 g/mol. The predicted molar refractivity (Wildman–Crippen MR) is 118 cm³/mol. The Morgan fingerprint density at radius 3 is 2.22 bits per heavy atom. The number of ether oxygens (including phenoxy) is 1. The van der Waals surface area contributed by atoms with E-state index in [9.17, 15) is 14.4 Å². The molecular weight excluding hydrogens is 412 g/mol. The van der Waals surface area contributed by atoms with Crippen molar-refractivity contribution in [2.24, 2.45) is 0 Å². The fraction of sp³-hybridized carbons (Fsp3) is 0.375. The van der Waals surface area contributed by atoms with Crippen LogP contribution in [-0.4, -0.2) is 54.4 Å². The number of aliphatic carboxylic acids is 1. The van der Waals surface area contributed by atoms with E-state index in [0.717, 1.165) is 27.3 Å². The molecule has 3 rings (SSSR count). The van der Waals surface area contributed by atoms with E-state index in [2.05, 4.69) is 29.6 Å². The van der Waals surface area contributed by atoms with E-state index in [4.69, 9.17) is 14.7 Å². The molecule has 0 saturated heterocycles. The van der Waals surface area contributed by atoms with Crippen LogP contribution in [0.5, 0.6) is 0 Å². The summed E-state index contributed by atoms with van der Waals surface area (Å²) in [5, 5.41) is 12.3. The smallest absolute Gasteiger partial charge is 0.407 e. The summed E-state index contributed by atoms with van der Waals surface area (Å²) in [5.74, 6) is -1.54. The fourth-order valence-electron chi connectivity index (χ4n) is 3.86. The second-order valence-corrected chi connectivity index (χ2v) is 7.67. The topological polar surface area (TPSA) is 105 Å². The number of rotatable bonds is 10. The summed E-state index contributed by atoms with van der Waals surface area (Å²) in [4.78, 5) is 39.9. The molecule has 0 aromatic heterocycles. The number of nitrogens with zero attached hydrogens (tertiary/aromatic N) is 1. The van der Waals surface area contributed by atoms with E-state index in [1.54, 1.807) is 0 Å². The summed E-state index contributed by atoms with van der Waals surface area (Å²) in [7, 11) is 1.37. The second-order valence-electron chi connectivity index (χ2n) is 7.67. The quantitative estimate of drug-likeness (QED) is 0.548. The zero-order chi connectivity index (χ0) is 23.1. The van der Waals surface area contributed by atoms with Crippen LogP contribution in [0.3, 0.4) is 0 Å². The Labute approximate surface area is 187 Å². The van der Waals surface area contributed by atoms with Crippen molar-refractivity contribution in [2.45, 2.75) is 38.1 Å². The fourth-order valence-corrected chi connectivity index (χ4v) is 3.86. The first-order valence-corrected chi connectivity index (χ1v) is 10.6. The number of nitrogens with one attached hydrogen (secondary N) is 1. The molecular formula is C24H28N2O6. The van der Waals surface area contributed by atoms with E-state index in [1.165, 1.54) is 7.05 Å². The average molecular weight is 440 g/mol. The highest BCUT2D eigenvalue weighted by atomic mass is 16.7. The third-order valence-electron chi connectivity index (χ3n) is 5.60. The molecule has 1 unspecified atom stereocenters. The van der Waals surface area contributed by atoms with E-state index in [-0.39, 0.29) is 30.9 Å². The number of carboxylic acids is 1. The molecule has 1 aliphatic carbocycles. The van der Waals surface area contributed by atoms with Crippen molar-refractivity contribution in [2.75, 3.05) is 20.3 Å². The van der Waals surface area contributed by atoms with Gasteiger partial charge in [-0.3, -0.25) is 9.63 Å². The Bertz CT molecular complexity index is 931. The lowest BCUT2D eigenvalue weighted by Crippen LogP contribution is -2.37. The van der Waals surface area contributed by atoms with Crippen LogP contribution >= 0.6 is 0 Å². The molecule has 0 fully saturated rings. The second kappa shape index (κ2) is 10.8. The van der Waals surface area contributed by atoms with Crippen molar-refractivity contribution in [3.8, 4) is 11.1 Å². The maximum absolute atomic E-state index is 12.4. The van der Waals surface area contributed by atoms with Gasteiger partial charge in [-0.1, -0.05) is 55.5 Å². The van der Waals surface area contributed by atoms with Gasteiger partial charge in [-0.25, -0.2) is 14.7 Å². The van der Waals surface area contributed by atoms with Gasteiger partial charge in [0.25, 0.3) is 0 Å². The standard InChI is InChI=1S/C24H28N2O6/c1-3-16(12-13-22(27)26(2)32-15-23(28)29)25-24(30)31-14-21-19-10-6-4-8-17(19)18-9-5-7-11-20(18)21/h4-11,16,21H,3,12-15H2,1-2H3,(H,25,30)(H,28,29). The molecule has 0 saturated carbocycles. The van der Waals surface area contributed by atoms with Crippen LogP contribution in [0.1, 0.15) is 43.2 Å². The third-order valence-corrected chi connectivity index (χ3v) is 5.60.